The van der Waals surface area contributed by atoms with Crippen molar-refractivity contribution in [3.05, 3.63) is 23.8 Å². The Morgan fingerprint density at radius 2 is 2.19 bits per heavy atom. The number of nitrogens with zero attached hydrogens (tertiary/aromatic N) is 3. The molecular formula is C13H16F3N3O2. The molecule has 0 aromatic carbocycles. The van der Waals surface area contributed by atoms with Gasteiger partial charge in [-0.05, 0) is 19.8 Å². The molecule has 2 rings (SSSR count). The molecule has 1 aromatic rings. The monoisotopic (exact) mass is 303 g/mol. The molecule has 0 unspecified atom stereocenters. The molecule has 0 bridgehead atoms. The van der Waals surface area contributed by atoms with E-state index in [0.717, 1.165) is 4.90 Å². The smallest absolute Gasteiger partial charge is 0.379 e. The fourth-order valence-corrected chi connectivity index (χ4v) is 2.18. The summed E-state index contributed by atoms with van der Waals surface area (Å²) in [5, 5.41) is 0. The van der Waals surface area contributed by atoms with Crippen LogP contribution in [0.15, 0.2) is 12.4 Å². The summed E-state index contributed by atoms with van der Waals surface area (Å²) in [6.07, 6.45) is -0.792. The van der Waals surface area contributed by atoms with E-state index in [1.807, 2.05) is 0 Å². The van der Waals surface area contributed by atoms with Crippen LogP contribution in [0.4, 0.5) is 13.2 Å². The molecule has 1 aromatic heterocycles. The predicted molar refractivity (Wildman–Crippen MR) is 67.7 cm³/mol. The molecule has 8 heteroatoms. The molecule has 0 aliphatic carbocycles. The highest BCUT2D eigenvalue weighted by molar-refractivity contribution is 5.92. The minimum absolute atomic E-state index is 0.0876. The third kappa shape index (κ3) is 4.38. The molecule has 1 aliphatic rings. The summed E-state index contributed by atoms with van der Waals surface area (Å²) in [6.45, 7) is 0.995. The minimum Gasteiger partial charge on any atom is -0.379 e. The second kappa shape index (κ2) is 6.38. The number of carbonyl (C=O) groups is 1. The number of alkyl halides is 3. The van der Waals surface area contributed by atoms with Crippen LogP contribution in [0.25, 0.3) is 0 Å². The van der Waals surface area contributed by atoms with Gasteiger partial charge in [0.1, 0.15) is 12.2 Å². The Kier molecular flexibility index (Phi) is 4.76. The van der Waals surface area contributed by atoms with Gasteiger partial charge in [0.2, 0.25) is 0 Å². The maximum atomic E-state index is 12.7. The van der Waals surface area contributed by atoms with Gasteiger partial charge in [-0.15, -0.1) is 0 Å². The van der Waals surface area contributed by atoms with E-state index in [4.69, 9.17) is 4.74 Å². The highest BCUT2D eigenvalue weighted by Crippen LogP contribution is 2.23. The Morgan fingerprint density at radius 1 is 1.43 bits per heavy atom. The average molecular weight is 303 g/mol. The van der Waals surface area contributed by atoms with E-state index in [9.17, 15) is 18.0 Å². The summed E-state index contributed by atoms with van der Waals surface area (Å²) >= 11 is 0. The van der Waals surface area contributed by atoms with Gasteiger partial charge < -0.3 is 9.64 Å². The van der Waals surface area contributed by atoms with Gasteiger partial charge in [-0.1, -0.05) is 0 Å². The third-order valence-corrected chi connectivity index (χ3v) is 3.19. The molecule has 1 amide bonds. The topological polar surface area (TPSA) is 55.3 Å². The largest absolute Gasteiger partial charge is 0.406 e. The molecule has 0 radical (unpaired) electrons. The molecule has 116 valence electrons. The lowest BCUT2D eigenvalue weighted by Gasteiger charge is -2.34. The lowest BCUT2D eigenvalue weighted by Crippen LogP contribution is -2.49. The van der Waals surface area contributed by atoms with Gasteiger partial charge in [0.05, 0.1) is 24.5 Å². The first-order chi connectivity index (χ1) is 9.87. The van der Waals surface area contributed by atoms with Gasteiger partial charge in [0.25, 0.3) is 5.91 Å². The number of hydrogen-bond donors (Lipinski definition) is 0. The molecule has 1 atom stereocenters. The first-order valence-corrected chi connectivity index (χ1v) is 6.61. The maximum absolute atomic E-state index is 12.7. The molecule has 1 aliphatic heterocycles. The van der Waals surface area contributed by atoms with Crippen molar-refractivity contribution < 1.29 is 22.7 Å². The van der Waals surface area contributed by atoms with E-state index in [1.165, 1.54) is 12.4 Å². The van der Waals surface area contributed by atoms with Crippen molar-refractivity contribution >= 4 is 5.91 Å². The lowest BCUT2D eigenvalue weighted by atomic mass is 10.1. The second-order valence-corrected chi connectivity index (χ2v) is 4.96. The van der Waals surface area contributed by atoms with E-state index < -0.39 is 24.7 Å². The van der Waals surface area contributed by atoms with Gasteiger partial charge in [0.15, 0.2) is 0 Å². The zero-order chi connectivity index (χ0) is 15.5. The average Bonchev–Trinajstić information content (AvgIpc) is 2.45. The molecule has 0 N–H and O–H groups in total. The van der Waals surface area contributed by atoms with Crippen molar-refractivity contribution in [3.8, 4) is 0 Å². The number of rotatable bonds is 3. The Hall–Kier alpha value is -1.70. The molecule has 1 saturated heterocycles. The number of amides is 1. The summed E-state index contributed by atoms with van der Waals surface area (Å²) < 4.78 is 43.4. The Bertz CT molecular complexity index is 484. The highest BCUT2D eigenvalue weighted by atomic mass is 19.4. The van der Waals surface area contributed by atoms with Gasteiger partial charge in [-0.25, -0.2) is 4.98 Å². The summed E-state index contributed by atoms with van der Waals surface area (Å²) in [5.41, 5.74) is 0.505. The van der Waals surface area contributed by atoms with Crippen molar-refractivity contribution in [2.45, 2.75) is 32.0 Å². The second-order valence-electron chi connectivity index (χ2n) is 4.96. The van der Waals surface area contributed by atoms with Crippen molar-refractivity contribution in [2.75, 3.05) is 19.8 Å². The van der Waals surface area contributed by atoms with Crippen molar-refractivity contribution in [3.63, 3.8) is 0 Å². The van der Waals surface area contributed by atoms with Crippen LogP contribution in [-0.2, 0) is 4.74 Å². The molecular weight excluding hydrogens is 287 g/mol. The molecule has 5 nitrogen and oxygen atoms in total. The number of aromatic nitrogens is 2. The van der Waals surface area contributed by atoms with E-state index >= 15 is 0 Å². The van der Waals surface area contributed by atoms with Gasteiger partial charge in [0, 0.05) is 12.8 Å². The quantitative estimate of drug-likeness (QED) is 0.856. The van der Waals surface area contributed by atoms with Gasteiger partial charge in [-0.3, -0.25) is 9.78 Å². The van der Waals surface area contributed by atoms with Gasteiger partial charge in [-0.2, -0.15) is 13.2 Å². The van der Waals surface area contributed by atoms with E-state index in [0.29, 0.717) is 25.1 Å². The first-order valence-electron chi connectivity index (χ1n) is 6.61. The van der Waals surface area contributed by atoms with Crippen LogP contribution in [-0.4, -0.2) is 52.8 Å². The van der Waals surface area contributed by atoms with Crippen LogP contribution in [0.3, 0.4) is 0 Å². The Balaban J connectivity index is 2.20. The fraction of sp³-hybridized carbons (Fsp3) is 0.615. The number of aryl methyl sites for hydroxylation is 1. The van der Waals surface area contributed by atoms with Crippen molar-refractivity contribution in [1.29, 1.82) is 0 Å². The van der Waals surface area contributed by atoms with Crippen LogP contribution in [0.1, 0.15) is 29.0 Å². The molecule has 21 heavy (non-hydrogen) atoms. The van der Waals surface area contributed by atoms with Crippen molar-refractivity contribution in [1.82, 2.24) is 14.9 Å². The van der Waals surface area contributed by atoms with Crippen LogP contribution in [0.2, 0.25) is 0 Å². The number of carbonyl (C=O) groups excluding carboxylic acids is 1. The Labute approximate surface area is 120 Å². The maximum Gasteiger partial charge on any atom is 0.406 e. The zero-order valence-electron chi connectivity index (χ0n) is 11.6. The van der Waals surface area contributed by atoms with Crippen molar-refractivity contribution in [2.24, 2.45) is 0 Å². The Morgan fingerprint density at radius 3 is 2.71 bits per heavy atom. The normalized spacial score (nSPS) is 19.3. The minimum atomic E-state index is -4.47. The van der Waals surface area contributed by atoms with Crippen LogP contribution < -0.4 is 0 Å². The number of ether oxygens (including phenoxy) is 1. The zero-order valence-corrected chi connectivity index (χ0v) is 11.6. The first kappa shape index (κ1) is 15.7. The number of hydrogen-bond acceptors (Lipinski definition) is 4. The summed E-state index contributed by atoms with van der Waals surface area (Å²) in [7, 11) is 0. The molecule has 2 heterocycles. The summed E-state index contributed by atoms with van der Waals surface area (Å²) in [5.74, 6) is -0.768. The third-order valence-electron chi connectivity index (χ3n) is 3.19. The van der Waals surface area contributed by atoms with Gasteiger partial charge >= 0.3 is 6.18 Å². The van der Waals surface area contributed by atoms with Crippen LogP contribution in [0.5, 0.6) is 0 Å². The lowest BCUT2D eigenvalue weighted by molar-refractivity contribution is -0.148. The van der Waals surface area contributed by atoms with E-state index in [-0.39, 0.29) is 12.3 Å². The molecule has 0 spiro atoms. The summed E-state index contributed by atoms with van der Waals surface area (Å²) in [6, 6.07) is -0.587. The molecule has 1 fully saturated rings. The van der Waals surface area contributed by atoms with Crippen LogP contribution >= 0.6 is 0 Å². The number of halogens is 3. The predicted octanol–water partition coefficient (Wildman–Crippen LogP) is 1.97. The summed E-state index contributed by atoms with van der Waals surface area (Å²) in [4.78, 5) is 20.9. The fourth-order valence-electron chi connectivity index (χ4n) is 2.18. The van der Waals surface area contributed by atoms with E-state index in [1.54, 1.807) is 6.92 Å². The van der Waals surface area contributed by atoms with Crippen LogP contribution in [0, 0.1) is 6.92 Å². The van der Waals surface area contributed by atoms with E-state index in [2.05, 4.69) is 9.97 Å². The molecule has 0 saturated carbocycles. The SMILES string of the molecule is Cc1cnc(C(=O)N(CC(F)(F)F)[C@@H]2CCCOC2)cn1. The standard InChI is InChI=1S/C13H16F3N3O2/c1-9-5-18-11(6-17-9)12(20)19(8-13(14,15)16)10-3-2-4-21-7-10/h5-6,10H,2-4,7-8H2,1H3/t10-/m1/s1. The highest BCUT2D eigenvalue weighted by Gasteiger charge is 2.38.